The highest BCUT2D eigenvalue weighted by atomic mass is 32.1. The Labute approximate surface area is 183 Å². The summed E-state index contributed by atoms with van der Waals surface area (Å²) in [6, 6.07) is 11.9. The minimum Gasteiger partial charge on any atom is -0.497 e. The Morgan fingerprint density at radius 2 is 2.10 bits per heavy atom. The topological polar surface area (TPSA) is 61.8 Å². The van der Waals surface area contributed by atoms with Gasteiger partial charge >= 0.3 is 0 Å². The summed E-state index contributed by atoms with van der Waals surface area (Å²) in [5.41, 5.74) is 0.215. The number of benzene rings is 1. The quantitative estimate of drug-likeness (QED) is 0.726. The fourth-order valence-electron chi connectivity index (χ4n) is 4.90. The highest BCUT2D eigenvalue weighted by Gasteiger charge is 2.47. The van der Waals surface area contributed by atoms with E-state index in [4.69, 9.17) is 4.74 Å². The monoisotopic (exact) mass is 428 g/mol. The second kappa shape index (κ2) is 9.08. The number of aliphatic hydroxyl groups is 1. The molecule has 3 atom stereocenters. The minimum atomic E-state index is -0.951. The van der Waals surface area contributed by atoms with E-state index >= 15 is 0 Å². The molecule has 1 aliphatic carbocycles. The fraction of sp³-hybridized carbons (Fsp3) is 0.542. The zero-order valence-electron chi connectivity index (χ0n) is 17.8. The van der Waals surface area contributed by atoms with Gasteiger partial charge in [-0.2, -0.15) is 0 Å². The van der Waals surface area contributed by atoms with Crippen molar-refractivity contribution in [2.45, 2.75) is 63.3 Å². The molecule has 2 fully saturated rings. The number of hydrogen-bond acceptors (Lipinski definition) is 5. The predicted molar refractivity (Wildman–Crippen MR) is 120 cm³/mol. The lowest BCUT2D eigenvalue weighted by molar-refractivity contribution is -0.132. The number of rotatable bonds is 6. The molecule has 0 unspecified atom stereocenters. The van der Waals surface area contributed by atoms with Gasteiger partial charge < -0.3 is 15.2 Å². The van der Waals surface area contributed by atoms with Gasteiger partial charge in [-0.15, -0.1) is 11.3 Å². The molecule has 0 spiro atoms. The molecule has 162 valence electrons. The van der Waals surface area contributed by atoms with Crippen LogP contribution in [-0.4, -0.2) is 41.2 Å². The predicted octanol–water partition coefficient (Wildman–Crippen LogP) is 4.13. The number of nitrogens with zero attached hydrogens (tertiary/aromatic N) is 1. The lowest BCUT2D eigenvalue weighted by Gasteiger charge is -2.49. The van der Waals surface area contributed by atoms with Crippen LogP contribution in [0, 0.1) is 5.92 Å². The summed E-state index contributed by atoms with van der Waals surface area (Å²) in [4.78, 5) is 16.6. The van der Waals surface area contributed by atoms with Crippen molar-refractivity contribution in [3.8, 4) is 5.75 Å². The Balaban J connectivity index is 1.62. The van der Waals surface area contributed by atoms with E-state index < -0.39 is 5.60 Å². The van der Waals surface area contributed by atoms with Gasteiger partial charge in [-0.05, 0) is 55.3 Å². The summed E-state index contributed by atoms with van der Waals surface area (Å²) in [5.74, 6) is 1.02. The van der Waals surface area contributed by atoms with Crippen LogP contribution in [-0.2, 0) is 11.3 Å². The summed E-state index contributed by atoms with van der Waals surface area (Å²) in [7, 11) is 1.68. The van der Waals surface area contributed by atoms with Crippen LogP contribution in [0.1, 0.15) is 55.5 Å². The summed E-state index contributed by atoms with van der Waals surface area (Å²) in [6.07, 6.45) is 4.77. The number of thiophene rings is 1. The molecule has 1 aromatic heterocycles. The lowest BCUT2D eigenvalue weighted by atomic mass is 9.81. The molecule has 2 N–H and O–H groups in total. The fourth-order valence-corrected chi connectivity index (χ4v) is 5.79. The van der Waals surface area contributed by atoms with Gasteiger partial charge in [0.1, 0.15) is 5.75 Å². The van der Waals surface area contributed by atoms with Crippen LogP contribution in [0.2, 0.25) is 0 Å². The molecule has 1 amide bonds. The maximum atomic E-state index is 13.0. The molecular weight excluding hydrogens is 396 g/mol. The highest BCUT2D eigenvalue weighted by molar-refractivity contribution is 7.10. The van der Waals surface area contributed by atoms with Crippen molar-refractivity contribution in [2.75, 3.05) is 13.7 Å². The van der Waals surface area contributed by atoms with E-state index in [1.807, 2.05) is 25.1 Å². The second-order valence-electron chi connectivity index (χ2n) is 8.86. The number of nitrogens with one attached hydrogen (secondary N) is 1. The molecule has 4 rings (SSSR count). The summed E-state index contributed by atoms with van der Waals surface area (Å²) >= 11 is 1.69. The van der Waals surface area contributed by atoms with Crippen molar-refractivity contribution in [1.29, 1.82) is 0 Å². The number of carbonyl (C=O) groups excluding carboxylic acids is 1. The third kappa shape index (κ3) is 4.56. The van der Waals surface area contributed by atoms with Crippen LogP contribution in [0.15, 0.2) is 41.8 Å². The van der Waals surface area contributed by atoms with Gasteiger partial charge in [0.15, 0.2) is 0 Å². The number of likely N-dealkylation sites (tertiary alicyclic amines) is 1. The smallest absolute Gasteiger partial charge is 0.223 e. The third-order valence-electron chi connectivity index (χ3n) is 6.66. The van der Waals surface area contributed by atoms with Gasteiger partial charge in [0, 0.05) is 23.9 Å². The van der Waals surface area contributed by atoms with E-state index in [0.717, 1.165) is 44.5 Å². The SMILES string of the molecule is COc1cccc(CN2CC[C@@](C)(O)[C@@H](NC(=O)C3CCCC3)[C@@H]2c2cccs2)c1. The lowest BCUT2D eigenvalue weighted by Crippen LogP contribution is -2.62. The van der Waals surface area contributed by atoms with Gasteiger partial charge in [-0.25, -0.2) is 0 Å². The minimum absolute atomic E-state index is 0.0645. The van der Waals surface area contributed by atoms with E-state index in [0.29, 0.717) is 6.42 Å². The molecular formula is C24H32N2O3S. The van der Waals surface area contributed by atoms with E-state index in [-0.39, 0.29) is 23.9 Å². The largest absolute Gasteiger partial charge is 0.497 e. The van der Waals surface area contributed by atoms with Gasteiger partial charge in [0.25, 0.3) is 0 Å². The van der Waals surface area contributed by atoms with Crippen molar-refractivity contribution >= 4 is 17.2 Å². The maximum absolute atomic E-state index is 13.0. The van der Waals surface area contributed by atoms with Crippen LogP contribution in [0.4, 0.5) is 0 Å². The highest BCUT2D eigenvalue weighted by Crippen LogP contribution is 2.40. The van der Waals surface area contributed by atoms with Crippen LogP contribution in [0.25, 0.3) is 0 Å². The maximum Gasteiger partial charge on any atom is 0.223 e. The van der Waals surface area contributed by atoms with E-state index in [9.17, 15) is 9.90 Å². The first-order valence-corrected chi connectivity index (χ1v) is 11.8. The zero-order chi connectivity index (χ0) is 21.1. The Hall–Kier alpha value is -1.89. The van der Waals surface area contributed by atoms with Crippen molar-refractivity contribution in [3.05, 3.63) is 52.2 Å². The standard InChI is InChI=1S/C24H32N2O3S/c1-24(28)12-13-26(16-17-7-5-10-19(15-17)29-2)21(20-11-6-14-30-20)22(24)25-23(27)18-8-3-4-9-18/h5-7,10-11,14-15,18,21-22,28H,3-4,8-9,12-13,16H2,1-2H3,(H,25,27)/t21-,22-,24+/m0/s1. The number of hydrogen-bond donors (Lipinski definition) is 2. The van der Waals surface area contributed by atoms with E-state index in [1.165, 1.54) is 10.4 Å². The number of amides is 1. The Morgan fingerprint density at radius 1 is 1.30 bits per heavy atom. The van der Waals surface area contributed by atoms with Crippen LogP contribution in [0.5, 0.6) is 5.75 Å². The average Bonchev–Trinajstić information content (AvgIpc) is 3.45. The first-order valence-electron chi connectivity index (χ1n) is 10.9. The molecule has 1 aliphatic heterocycles. The molecule has 1 saturated carbocycles. The van der Waals surface area contributed by atoms with Crippen LogP contribution in [0.3, 0.4) is 0 Å². The average molecular weight is 429 g/mol. The Bertz CT molecular complexity index is 846. The van der Waals surface area contributed by atoms with Gasteiger partial charge in [-0.1, -0.05) is 31.0 Å². The molecule has 30 heavy (non-hydrogen) atoms. The number of carbonyl (C=O) groups is 1. The van der Waals surface area contributed by atoms with Gasteiger partial charge in [0.2, 0.25) is 5.91 Å². The van der Waals surface area contributed by atoms with Gasteiger partial charge in [0.05, 0.1) is 24.8 Å². The van der Waals surface area contributed by atoms with Crippen LogP contribution >= 0.6 is 11.3 Å². The second-order valence-corrected chi connectivity index (χ2v) is 9.84. The molecule has 0 bridgehead atoms. The summed E-state index contributed by atoms with van der Waals surface area (Å²) in [5, 5.41) is 16.7. The third-order valence-corrected chi connectivity index (χ3v) is 7.61. The zero-order valence-corrected chi connectivity index (χ0v) is 18.7. The Kier molecular flexibility index (Phi) is 6.46. The first-order chi connectivity index (χ1) is 14.5. The molecule has 5 nitrogen and oxygen atoms in total. The molecule has 1 aromatic carbocycles. The van der Waals surface area contributed by atoms with Crippen molar-refractivity contribution < 1.29 is 14.6 Å². The number of ether oxygens (including phenoxy) is 1. The normalized spacial score (nSPS) is 27.8. The molecule has 0 radical (unpaired) electrons. The summed E-state index contributed by atoms with van der Waals surface area (Å²) in [6.45, 7) is 3.38. The first kappa shape index (κ1) is 21.3. The van der Waals surface area contributed by atoms with Crippen LogP contribution < -0.4 is 10.1 Å². The molecule has 2 aromatic rings. The van der Waals surface area contributed by atoms with Crippen molar-refractivity contribution in [1.82, 2.24) is 10.2 Å². The number of piperidine rings is 1. The Morgan fingerprint density at radius 3 is 2.80 bits per heavy atom. The van der Waals surface area contributed by atoms with Gasteiger partial charge in [-0.3, -0.25) is 9.69 Å². The molecule has 2 heterocycles. The number of methoxy groups -OCH3 is 1. The summed E-state index contributed by atoms with van der Waals surface area (Å²) < 4.78 is 5.39. The molecule has 1 saturated heterocycles. The van der Waals surface area contributed by atoms with Crippen molar-refractivity contribution in [3.63, 3.8) is 0 Å². The molecule has 2 aliphatic rings. The van der Waals surface area contributed by atoms with Crippen molar-refractivity contribution in [2.24, 2.45) is 5.92 Å². The van der Waals surface area contributed by atoms with E-state index in [1.54, 1.807) is 18.4 Å². The molecule has 6 heteroatoms. The van der Waals surface area contributed by atoms with E-state index in [2.05, 4.69) is 33.8 Å².